The summed E-state index contributed by atoms with van der Waals surface area (Å²) < 4.78 is 25.9. The smallest absolute Gasteiger partial charge is 0.270 e. The number of hydrogen-bond donors (Lipinski definition) is 1. The fraction of sp³-hybridized carbons (Fsp3) is 0.417. The summed E-state index contributed by atoms with van der Waals surface area (Å²) in [5.74, 6) is -0.463. The Morgan fingerprint density at radius 2 is 1.83 bits per heavy atom. The fourth-order valence-electron chi connectivity index (χ4n) is 2.16. The number of carbonyl (C=O) groups excluding carboxylic acids is 1. The van der Waals surface area contributed by atoms with Crippen LogP contribution < -0.4 is 5.32 Å². The van der Waals surface area contributed by atoms with E-state index in [-0.39, 0.29) is 10.5 Å². The van der Waals surface area contributed by atoms with Gasteiger partial charge in [-0.25, -0.2) is 12.7 Å². The molecule has 5 nitrogen and oxygen atoms in total. The van der Waals surface area contributed by atoms with E-state index < -0.39 is 21.5 Å². The number of amides is 1. The standard InChI is InChI=1S/C12H16N2O3S/c1-12(2,3)14-11(15)8-6-5-7-9(13-4)10(8)18(14,16)17/h5-7,13H,1-4H3. The van der Waals surface area contributed by atoms with Crippen LogP contribution in [0.4, 0.5) is 5.69 Å². The first-order valence-corrected chi connectivity index (χ1v) is 7.06. The van der Waals surface area contributed by atoms with Crippen molar-refractivity contribution in [2.75, 3.05) is 12.4 Å². The van der Waals surface area contributed by atoms with Crippen molar-refractivity contribution < 1.29 is 13.2 Å². The summed E-state index contributed by atoms with van der Waals surface area (Å²) in [6.45, 7) is 5.11. The summed E-state index contributed by atoms with van der Waals surface area (Å²) in [5, 5.41) is 2.82. The number of fused-ring (bicyclic) bond motifs is 1. The minimum Gasteiger partial charge on any atom is -0.387 e. The highest BCUT2D eigenvalue weighted by Crippen LogP contribution is 2.39. The highest BCUT2D eigenvalue weighted by Gasteiger charge is 2.47. The number of sulfonamides is 1. The number of hydrogen-bond acceptors (Lipinski definition) is 4. The maximum absolute atomic E-state index is 12.5. The zero-order valence-electron chi connectivity index (χ0n) is 10.8. The van der Waals surface area contributed by atoms with E-state index in [1.807, 2.05) is 0 Å². The predicted octanol–water partition coefficient (Wildman–Crippen LogP) is 1.67. The Hall–Kier alpha value is -1.56. The average Bonchev–Trinajstić information content (AvgIpc) is 2.46. The van der Waals surface area contributed by atoms with Gasteiger partial charge in [0.25, 0.3) is 15.9 Å². The maximum Gasteiger partial charge on any atom is 0.270 e. The highest BCUT2D eigenvalue weighted by molar-refractivity contribution is 7.90. The second-order valence-electron chi connectivity index (χ2n) is 5.18. The maximum atomic E-state index is 12.5. The molecular weight excluding hydrogens is 252 g/mol. The molecule has 1 amide bonds. The van der Waals surface area contributed by atoms with Gasteiger partial charge in [-0.3, -0.25) is 4.79 Å². The van der Waals surface area contributed by atoms with Crippen molar-refractivity contribution in [1.82, 2.24) is 4.31 Å². The molecule has 0 radical (unpaired) electrons. The minimum atomic E-state index is -3.77. The molecule has 0 bridgehead atoms. The molecule has 0 aromatic heterocycles. The fourth-order valence-corrected chi connectivity index (χ4v) is 4.26. The number of nitrogens with zero attached hydrogens (tertiary/aromatic N) is 1. The molecule has 1 heterocycles. The van der Waals surface area contributed by atoms with Gasteiger partial charge < -0.3 is 5.32 Å². The van der Waals surface area contributed by atoms with Gasteiger partial charge in [0.1, 0.15) is 4.90 Å². The van der Waals surface area contributed by atoms with Crippen LogP contribution in [0.25, 0.3) is 0 Å². The van der Waals surface area contributed by atoms with Crippen molar-refractivity contribution in [2.45, 2.75) is 31.2 Å². The van der Waals surface area contributed by atoms with E-state index in [0.717, 1.165) is 4.31 Å². The molecule has 0 unspecified atom stereocenters. The Bertz CT molecular complexity index is 615. The largest absolute Gasteiger partial charge is 0.387 e. The van der Waals surface area contributed by atoms with Gasteiger partial charge in [0.2, 0.25) is 0 Å². The monoisotopic (exact) mass is 268 g/mol. The van der Waals surface area contributed by atoms with Gasteiger partial charge in [0.05, 0.1) is 16.8 Å². The lowest BCUT2D eigenvalue weighted by Gasteiger charge is -2.30. The average molecular weight is 268 g/mol. The topological polar surface area (TPSA) is 66.5 Å². The summed E-state index contributed by atoms with van der Waals surface area (Å²) in [6, 6.07) is 4.86. The summed E-state index contributed by atoms with van der Waals surface area (Å²) >= 11 is 0. The third-order valence-corrected chi connectivity index (χ3v) is 4.96. The van der Waals surface area contributed by atoms with Gasteiger partial charge in [0.15, 0.2) is 0 Å². The first-order chi connectivity index (χ1) is 8.21. The van der Waals surface area contributed by atoms with Crippen LogP contribution in [-0.2, 0) is 10.0 Å². The molecule has 1 aromatic carbocycles. The molecule has 1 aromatic rings. The molecule has 1 aliphatic rings. The number of benzene rings is 1. The van der Waals surface area contributed by atoms with E-state index in [4.69, 9.17) is 0 Å². The van der Waals surface area contributed by atoms with Crippen LogP contribution in [0.15, 0.2) is 23.1 Å². The lowest BCUT2D eigenvalue weighted by atomic mass is 10.1. The molecule has 18 heavy (non-hydrogen) atoms. The molecule has 98 valence electrons. The van der Waals surface area contributed by atoms with E-state index in [0.29, 0.717) is 5.69 Å². The Balaban J connectivity index is 2.78. The van der Waals surface area contributed by atoms with E-state index in [9.17, 15) is 13.2 Å². The van der Waals surface area contributed by atoms with Crippen LogP contribution in [0.2, 0.25) is 0 Å². The molecule has 0 saturated heterocycles. The van der Waals surface area contributed by atoms with E-state index in [2.05, 4.69) is 5.32 Å². The van der Waals surface area contributed by atoms with E-state index >= 15 is 0 Å². The number of nitrogens with one attached hydrogen (secondary N) is 1. The lowest BCUT2D eigenvalue weighted by molar-refractivity contribution is 0.0788. The third kappa shape index (κ3) is 1.59. The van der Waals surface area contributed by atoms with Gasteiger partial charge in [-0.05, 0) is 32.9 Å². The number of rotatable bonds is 1. The van der Waals surface area contributed by atoms with Crippen molar-refractivity contribution in [3.8, 4) is 0 Å². The van der Waals surface area contributed by atoms with Gasteiger partial charge in [-0.15, -0.1) is 0 Å². The van der Waals surface area contributed by atoms with Gasteiger partial charge >= 0.3 is 0 Å². The zero-order chi connectivity index (χ0) is 13.7. The molecular formula is C12H16N2O3S. The van der Waals surface area contributed by atoms with Crippen molar-refractivity contribution in [2.24, 2.45) is 0 Å². The molecule has 0 fully saturated rings. The molecule has 1 aliphatic heterocycles. The molecule has 2 rings (SSSR count). The zero-order valence-corrected chi connectivity index (χ0v) is 11.6. The molecule has 0 spiro atoms. The first kappa shape index (κ1) is 12.9. The van der Waals surface area contributed by atoms with E-state index in [1.165, 1.54) is 0 Å². The number of carbonyl (C=O) groups is 1. The van der Waals surface area contributed by atoms with Crippen molar-refractivity contribution in [3.05, 3.63) is 23.8 Å². The first-order valence-electron chi connectivity index (χ1n) is 5.62. The normalized spacial score (nSPS) is 17.8. The van der Waals surface area contributed by atoms with Crippen LogP contribution in [0.3, 0.4) is 0 Å². The van der Waals surface area contributed by atoms with Crippen LogP contribution in [0.5, 0.6) is 0 Å². The molecule has 1 N–H and O–H groups in total. The van der Waals surface area contributed by atoms with Crippen LogP contribution in [0.1, 0.15) is 31.1 Å². The van der Waals surface area contributed by atoms with Crippen LogP contribution >= 0.6 is 0 Å². The summed E-state index contributed by atoms with van der Waals surface area (Å²) in [6.07, 6.45) is 0. The predicted molar refractivity (Wildman–Crippen MR) is 69.1 cm³/mol. The lowest BCUT2D eigenvalue weighted by Crippen LogP contribution is -2.45. The summed E-state index contributed by atoms with van der Waals surface area (Å²) in [5.41, 5.74) is -0.0932. The Morgan fingerprint density at radius 3 is 2.33 bits per heavy atom. The Kier molecular flexibility index (Phi) is 2.66. The van der Waals surface area contributed by atoms with Gasteiger partial charge in [0, 0.05) is 7.05 Å². The summed E-state index contributed by atoms with van der Waals surface area (Å²) in [4.78, 5) is 12.3. The summed E-state index contributed by atoms with van der Waals surface area (Å²) in [7, 11) is -2.14. The van der Waals surface area contributed by atoms with Gasteiger partial charge in [-0.1, -0.05) is 6.07 Å². The second-order valence-corrected chi connectivity index (χ2v) is 6.90. The van der Waals surface area contributed by atoms with Crippen molar-refractivity contribution in [3.63, 3.8) is 0 Å². The second kappa shape index (κ2) is 3.71. The molecule has 0 aliphatic carbocycles. The van der Waals surface area contributed by atoms with Crippen LogP contribution in [0, 0.1) is 0 Å². The Morgan fingerprint density at radius 1 is 1.22 bits per heavy atom. The third-order valence-electron chi connectivity index (χ3n) is 2.81. The minimum absolute atomic E-state index is 0.0763. The number of anilines is 1. The molecule has 0 saturated carbocycles. The van der Waals surface area contributed by atoms with Crippen LogP contribution in [-0.4, -0.2) is 31.2 Å². The SMILES string of the molecule is CNc1cccc2c1S(=O)(=O)N(C(C)(C)C)C2=O. The van der Waals surface area contributed by atoms with Crippen molar-refractivity contribution >= 4 is 21.6 Å². The molecule has 6 heteroatoms. The quantitative estimate of drug-likeness (QED) is 0.841. The molecule has 0 atom stereocenters. The van der Waals surface area contributed by atoms with Crippen molar-refractivity contribution in [1.29, 1.82) is 0 Å². The highest BCUT2D eigenvalue weighted by atomic mass is 32.2. The Labute approximate surface area is 107 Å². The van der Waals surface area contributed by atoms with Gasteiger partial charge in [-0.2, -0.15) is 0 Å². The van der Waals surface area contributed by atoms with E-state index in [1.54, 1.807) is 46.0 Å².